The molecular weight excluding hydrogens is 236 g/mol. The smallest absolute Gasteiger partial charge is 0.186 e. The Morgan fingerprint density at radius 1 is 1.21 bits per heavy atom. The van der Waals surface area contributed by atoms with Gasteiger partial charge in [0.15, 0.2) is 5.69 Å². The zero-order chi connectivity index (χ0) is 14.0. The summed E-state index contributed by atoms with van der Waals surface area (Å²) in [5, 5.41) is 17.0. The van der Waals surface area contributed by atoms with Gasteiger partial charge in [-0.15, -0.1) is 5.10 Å². The molecule has 0 fully saturated rings. The molecule has 0 saturated heterocycles. The van der Waals surface area contributed by atoms with Crippen LogP contribution in [-0.4, -0.2) is 15.0 Å². The molecule has 0 aliphatic heterocycles. The summed E-state index contributed by atoms with van der Waals surface area (Å²) in [6, 6.07) is 10.3. The van der Waals surface area contributed by atoms with Crippen LogP contribution < -0.4 is 0 Å². The van der Waals surface area contributed by atoms with E-state index in [2.05, 4.69) is 49.3 Å². The van der Waals surface area contributed by atoms with E-state index in [-0.39, 0.29) is 5.41 Å². The van der Waals surface area contributed by atoms with Crippen molar-refractivity contribution in [3.05, 3.63) is 41.2 Å². The van der Waals surface area contributed by atoms with Gasteiger partial charge in [0, 0.05) is 0 Å². The predicted molar refractivity (Wildman–Crippen MR) is 74.2 cm³/mol. The third-order valence-corrected chi connectivity index (χ3v) is 3.18. The van der Waals surface area contributed by atoms with Gasteiger partial charge in [-0.2, -0.15) is 5.26 Å². The maximum Gasteiger partial charge on any atom is 0.186 e. The summed E-state index contributed by atoms with van der Waals surface area (Å²) in [5.41, 5.74) is 3.61. The summed E-state index contributed by atoms with van der Waals surface area (Å²) >= 11 is 0. The van der Waals surface area contributed by atoms with Gasteiger partial charge in [0.2, 0.25) is 0 Å². The molecule has 0 atom stereocenters. The molecule has 0 bridgehead atoms. The van der Waals surface area contributed by atoms with Crippen molar-refractivity contribution in [1.29, 1.82) is 5.26 Å². The Morgan fingerprint density at radius 2 is 1.84 bits per heavy atom. The lowest BCUT2D eigenvalue weighted by atomic mass is 9.87. The van der Waals surface area contributed by atoms with Gasteiger partial charge in [0.05, 0.1) is 11.4 Å². The van der Waals surface area contributed by atoms with E-state index in [0.717, 1.165) is 17.8 Å². The van der Waals surface area contributed by atoms with E-state index < -0.39 is 0 Å². The lowest BCUT2D eigenvalue weighted by Gasteiger charge is -2.19. The quantitative estimate of drug-likeness (QED) is 0.827. The highest BCUT2D eigenvalue weighted by Gasteiger charge is 2.15. The highest BCUT2D eigenvalue weighted by atomic mass is 15.4. The molecule has 4 nitrogen and oxygen atoms in total. The van der Waals surface area contributed by atoms with Crippen molar-refractivity contribution in [2.45, 2.75) is 39.5 Å². The number of nitrogens with zero attached hydrogens (tertiary/aromatic N) is 4. The van der Waals surface area contributed by atoms with Crippen molar-refractivity contribution in [3.8, 4) is 11.8 Å². The maximum atomic E-state index is 8.99. The second kappa shape index (κ2) is 4.85. The molecule has 98 valence electrons. The summed E-state index contributed by atoms with van der Waals surface area (Å²) < 4.78 is 1.74. The van der Waals surface area contributed by atoms with E-state index in [1.54, 1.807) is 4.68 Å². The minimum absolute atomic E-state index is 0.131. The van der Waals surface area contributed by atoms with Gasteiger partial charge in [0.1, 0.15) is 6.07 Å². The van der Waals surface area contributed by atoms with Crippen LogP contribution in [0.15, 0.2) is 24.3 Å². The molecular formula is C15H18N4. The zero-order valence-corrected chi connectivity index (χ0v) is 11.8. The molecule has 0 aliphatic carbocycles. The first-order chi connectivity index (χ1) is 8.97. The molecule has 0 saturated carbocycles. The lowest BCUT2D eigenvalue weighted by molar-refractivity contribution is 0.590. The van der Waals surface area contributed by atoms with E-state index in [4.69, 9.17) is 5.26 Å². The third-order valence-electron chi connectivity index (χ3n) is 3.18. The van der Waals surface area contributed by atoms with E-state index in [9.17, 15) is 0 Å². The number of nitriles is 1. The van der Waals surface area contributed by atoms with E-state index in [1.165, 1.54) is 5.56 Å². The van der Waals surface area contributed by atoms with E-state index in [0.29, 0.717) is 5.69 Å². The van der Waals surface area contributed by atoms with Gasteiger partial charge in [-0.1, -0.05) is 45.0 Å². The first-order valence-electron chi connectivity index (χ1n) is 6.43. The molecule has 0 unspecified atom stereocenters. The molecule has 1 heterocycles. The molecule has 0 radical (unpaired) electrons. The number of rotatable bonds is 2. The van der Waals surface area contributed by atoms with E-state index >= 15 is 0 Å². The zero-order valence-electron chi connectivity index (χ0n) is 11.8. The Bertz CT molecular complexity index is 609. The summed E-state index contributed by atoms with van der Waals surface area (Å²) in [7, 11) is 0. The van der Waals surface area contributed by atoms with Crippen LogP contribution >= 0.6 is 0 Å². The van der Waals surface area contributed by atoms with Crippen LogP contribution in [0.3, 0.4) is 0 Å². The van der Waals surface area contributed by atoms with Gasteiger partial charge in [0.25, 0.3) is 0 Å². The SMILES string of the molecule is CCc1c(C#N)nnn1-c1ccc(C(C)(C)C)cc1. The average molecular weight is 254 g/mol. The van der Waals surface area contributed by atoms with Crippen molar-refractivity contribution >= 4 is 0 Å². The van der Waals surface area contributed by atoms with Gasteiger partial charge in [-0.25, -0.2) is 4.68 Å². The largest absolute Gasteiger partial charge is 0.216 e. The highest BCUT2D eigenvalue weighted by molar-refractivity contribution is 5.39. The predicted octanol–water partition coefficient (Wildman–Crippen LogP) is 3.00. The summed E-state index contributed by atoms with van der Waals surface area (Å²) in [4.78, 5) is 0. The van der Waals surface area contributed by atoms with Crippen molar-refractivity contribution in [2.24, 2.45) is 0 Å². The van der Waals surface area contributed by atoms with E-state index in [1.807, 2.05) is 19.1 Å². The molecule has 0 aliphatic rings. The molecule has 1 aromatic heterocycles. The van der Waals surface area contributed by atoms with Crippen LogP contribution in [0.25, 0.3) is 5.69 Å². The molecule has 0 spiro atoms. The minimum Gasteiger partial charge on any atom is -0.216 e. The molecule has 19 heavy (non-hydrogen) atoms. The standard InChI is InChI=1S/C15H18N4/c1-5-14-13(10-16)17-18-19(14)12-8-6-11(7-9-12)15(2,3)4/h6-9H,5H2,1-4H3. The van der Waals surface area contributed by atoms with Gasteiger partial charge >= 0.3 is 0 Å². The topological polar surface area (TPSA) is 54.5 Å². The second-order valence-corrected chi connectivity index (χ2v) is 5.56. The lowest BCUT2D eigenvalue weighted by Crippen LogP contribution is -2.11. The normalized spacial score (nSPS) is 11.3. The Kier molecular flexibility index (Phi) is 3.39. The van der Waals surface area contributed by atoms with Gasteiger partial charge in [-0.05, 0) is 29.5 Å². The molecule has 0 amide bonds. The minimum atomic E-state index is 0.131. The van der Waals surface area contributed by atoms with Gasteiger partial charge in [-0.3, -0.25) is 0 Å². The average Bonchev–Trinajstić information content (AvgIpc) is 2.80. The first-order valence-corrected chi connectivity index (χ1v) is 6.43. The Morgan fingerprint density at radius 3 is 2.32 bits per heavy atom. The molecule has 2 rings (SSSR count). The highest BCUT2D eigenvalue weighted by Crippen LogP contribution is 2.23. The van der Waals surface area contributed by atoms with Crippen LogP contribution in [-0.2, 0) is 11.8 Å². The van der Waals surface area contributed by atoms with Crippen LogP contribution in [0.2, 0.25) is 0 Å². The Labute approximate surface area is 113 Å². The summed E-state index contributed by atoms with van der Waals surface area (Å²) in [5.74, 6) is 0. The summed E-state index contributed by atoms with van der Waals surface area (Å²) in [6.45, 7) is 8.55. The Hall–Kier alpha value is -2.15. The van der Waals surface area contributed by atoms with Crippen molar-refractivity contribution in [1.82, 2.24) is 15.0 Å². The van der Waals surface area contributed by atoms with Crippen LogP contribution in [0.1, 0.15) is 44.6 Å². The fourth-order valence-corrected chi connectivity index (χ4v) is 2.02. The number of aromatic nitrogens is 3. The third kappa shape index (κ3) is 2.50. The number of hydrogen-bond acceptors (Lipinski definition) is 3. The number of benzene rings is 1. The van der Waals surface area contributed by atoms with Crippen LogP contribution in [0, 0.1) is 11.3 Å². The Balaban J connectivity index is 2.44. The maximum absolute atomic E-state index is 8.99. The molecule has 1 aromatic carbocycles. The molecule has 0 N–H and O–H groups in total. The number of hydrogen-bond donors (Lipinski definition) is 0. The van der Waals surface area contributed by atoms with Crippen LogP contribution in [0.4, 0.5) is 0 Å². The molecule has 4 heteroatoms. The van der Waals surface area contributed by atoms with Crippen LogP contribution in [0.5, 0.6) is 0 Å². The van der Waals surface area contributed by atoms with Crippen molar-refractivity contribution < 1.29 is 0 Å². The second-order valence-electron chi connectivity index (χ2n) is 5.56. The summed E-state index contributed by atoms with van der Waals surface area (Å²) in [6.07, 6.45) is 0.733. The first kappa shape index (κ1) is 13.3. The van der Waals surface area contributed by atoms with Gasteiger partial charge < -0.3 is 0 Å². The fourth-order valence-electron chi connectivity index (χ4n) is 2.02. The molecule has 2 aromatic rings. The monoisotopic (exact) mass is 254 g/mol. The van der Waals surface area contributed by atoms with Crippen molar-refractivity contribution in [2.75, 3.05) is 0 Å². The van der Waals surface area contributed by atoms with Crippen molar-refractivity contribution in [3.63, 3.8) is 0 Å². The fraction of sp³-hybridized carbons (Fsp3) is 0.400.